The van der Waals surface area contributed by atoms with Crippen molar-refractivity contribution in [3.05, 3.63) is 71.3 Å². The molecule has 2 rings (SSSR count). The van der Waals surface area contributed by atoms with Crippen LogP contribution in [0.1, 0.15) is 16.7 Å². The van der Waals surface area contributed by atoms with Gasteiger partial charge in [0.1, 0.15) is 0 Å². The smallest absolute Gasteiger partial charge is 0.322 e. The first-order chi connectivity index (χ1) is 11.6. The number of hydrogen-bond acceptors (Lipinski definition) is 1. The summed E-state index contributed by atoms with van der Waals surface area (Å²) in [6.07, 6.45) is -7.54. The highest BCUT2D eigenvalue weighted by Crippen LogP contribution is 2.37. The maximum absolute atomic E-state index is 12.7. The van der Waals surface area contributed by atoms with Crippen LogP contribution in [0.3, 0.4) is 0 Å². The average Bonchev–Trinajstić information content (AvgIpc) is 2.52. The van der Waals surface area contributed by atoms with Crippen molar-refractivity contribution in [2.75, 3.05) is 5.32 Å². The molecule has 2 aromatic carbocycles. The standard InChI is InChI=1S/C17H11F6NO/c18-16(19,20)12-8-13(17(21,22)23)10-14(9-12)24-15(25)7-6-11-4-2-1-3-5-11/h1-10H,(H,24,25)/b7-6+. The van der Waals surface area contributed by atoms with Crippen LogP contribution in [-0.4, -0.2) is 5.91 Å². The number of rotatable bonds is 3. The largest absolute Gasteiger partial charge is 0.416 e. The van der Waals surface area contributed by atoms with Gasteiger partial charge in [-0.15, -0.1) is 0 Å². The molecule has 0 saturated heterocycles. The molecule has 0 saturated carbocycles. The number of carbonyl (C=O) groups is 1. The summed E-state index contributed by atoms with van der Waals surface area (Å²) in [6.45, 7) is 0. The molecule has 0 bridgehead atoms. The van der Waals surface area contributed by atoms with Crippen molar-refractivity contribution in [3.8, 4) is 0 Å². The van der Waals surface area contributed by atoms with Gasteiger partial charge in [-0.25, -0.2) is 0 Å². The van der Waals surface area contributed by atoms with E-state index in [0.717, 1.165) is 6.08 Å². The van der Waals surface area contributed by atoms with Gasteiger partial charge < -0.3 is 5.32 Å². The number of benzene rings is 2. The van der Waals surface area contributed by atoms with Gasteiger partial charge >= 0.3 is 12.4 Å². The fraction of sp³-hybridized carbons (Fsp3) is 0.118. The van der Waals surface area contributed by atoms with Crippen molar-refractivity contribution in [1.29, 1.82) is 0 Å². The van der Waals surface area contributed by atoms with Gasteiger partial charge in [0.15, 0.2) is 0 Å². The lowest BCUT2D eigenvalue weighted by molar-refractivity contribution is -0.143. The van der Waals surface area contributed by atoms with E-state index in [1.54, 1.807) is 30.3 Å². The van der Waals surface area contributed by atoms with Gasteiger partial charge in [-0.1, -0.05) is 30.3 Å². The number of anilines is 1. The first-order valence-corrected chi connectivity index (χ1v) is 6.89. The lowest BCUT2D eigenvalue weighted by Gasteiger charge is -2.14. The molecule has 0 spiro atoms. The summed E-state index contributed by atoms with van der Waals surface area (Å²) in [7, 11) is 0. The number of hydrogen-bond donors (Lipinski definition) is 1. The van der Waals surface area contributed by atoms with Crippen LogP contribution in [0.15, 0.2) is 54.6 Å². The first kappa shape index (κ1) is 18.6. The third-order valence-electron chi connectivity index (χ3n) is 3.08. The lowest BCUT2D eigenvalue weighted by atomic mass is 10.1. The predicted octanol–water partition coefficient (Wildman–Crippen LogP) is 5.38. The van der Waals surface area contributed by atoms with E-state index in [9.17, 15) is 31.1 Å². The monoisotopic (exact) mass is 359 g/mol. The Kier molecular flexibility index (Phi) is 5.20. The Morgan fingerprint density at radius 2 is 1.36 bits per heavy atom. The van der Waals surface area contributed by atoms with Crippen LogP contribution >= 0.6 is 0 Å². The van der Waals surface area contributed by atoms with Gasteiger partial charge in [0, 0.05) is 11.8 Å². The molecule has 2 nitrogen and oxygen atoms in total. The highest BCUT2D eigenvalue weighted by molar-refractivity contribution is 6.02. The maximum atomic E-state index is 12.7. The minimum atomic E-state index is -4.97. The van der Waals surface area contributed by atoms with Crippen molar-refractivity contribution >= 4 is 17.7 Å². The minimum Gasteiger partial charge on any atom is -0.322 e. The highest BCUT2D eigenvalue weighted by atomic mass is 19.4. The van der Waals surface area contributed by atoms with Gasteiger partial charge in [0.25, 0.3) is 0 Å². The zero-order chi connectivity index (χ0) is 18.7. The molecule has 0 aliphatic heterocycles. The predicted molar refractivity (Wildman–Crippen MR) is 80.6 cm³/mol. The van der Waals surface area contributed by atoms with Crippen LogP contribution in [0.2, 0.25) is 0 Å². The summed E-state index contributed by atoms with van der Waals surface area (Å²) in [4.78, 5) is 11.7. The Bertz CT molecular complexity index is 746. The van der Waals surface area contributed by atoms with Crippen molar-refractivity contribution in [3.63, 3.8) is 0 Å². The molecule has 0 aliphatic carbocycles. The molecule has 0 fully saturated rings. The van der Waals surface area contributed by atoms with E-state index in [-0.39, 0.29) is 6.07 Å². The number of amides is 1. The summed E-state index contributed by atoms with van der Waals surface area (Å²) >= 11 is 0. The quantitative estimate of drug-likeness (QED) is 0.579. The van der Waals surface area contributed by atoms with E-state index in [2.05, 4.69) is 0 Å². The van der Waals surface area contributed by atoms with Gasteiger partial charge in [0.05, 0.1) is 11.1 Å². The van der Waals surface area contributed by atoms with Gasteiger partial charge in [-0.3, -0.25) is 4.79 Å². The van der Waals surface area contributed by atoms with Gasteiger partial charge in [-0.05, 0) is 29.8 Å². The molecule has 0 atom stereocenters. The van der Waals surface area contributed by atoms with Gasteiger partial charge in [-0.2, -0.15) is 26.3 Å². The number of nitrogens with one attached hydrogen (secondary N) is 1. The lowest BCUT2D eigenvalue weighted by Crippen LogP contribution is -2.14. The topological polar surface area (TPSA) is 29.1 Å². The molecule has 0 aliphatic rings. The molecule has 132 valence electrons. The Morgan fingerprint density at radius 1 is 0.840 bits per heavy atom. The summed E-state index contributed by atoms with van der Waals surface area (Å²) in [5, 5.41) is 2.01. The fourth-order valence-electron chi connectivity index (χ4n) is 1.95. The van der Waals surface area contributed by atoms with Crippen LogP contribution in [0.5, 0.6) is 0 Å². The summed E-state index contributed by atoms with van der Waals surface area (Å²) in [5.41, 5.74) is -2.93. The van der Waals surface area contributed by atoms with E-state index >= 15 is 0 Å². The average molecular weight is 359 g/mol. The summed E-state index contributed by atoms with van der Waals surface area (Å²) in [6, 6.07) is 9.41. The number of halogens is 6. The molecular weight excluding hydrogens is 348 g/mol. The third kappa shape index (κ3) is 5.37. The van der Waals surface area contributed by atoms with Crippen LogP contribution < -0.4 is 5.32 Å². The molecule has 0 unspecified atom stereocenters. The Labute approximate surface area is 138 Å². The molecule has 0 radical (unpaired) electrons. The van der Waals surface area contributed by atoms with Crippen molar-refractivity contribution < 1.29 is 31.1 Å². The highest BCUT2D eigenvalue weighted by Gasteiger charge is 2.37. The second kappa shape index (κ2) is 7.00. The molecule has 25 heavy (non-hydrogen) atoms. The minimum absolute atomic E-state index is 0.00450. The second-order valence-electron chi connectivity index (χ2n) is 5.03. The Morgan fingerprint density at radius 3 is 1.84 bits per heavy atom. The SMILES string of the molecule is O=C(/C=C/c1ccccc1)Nc1cc(C(F)(F)F)cc(C(F)(F)F)c1. The van der Waals surface area contributed by atoms with E-state index in [0.29, 0.717) is 17.7 Å². The zero-order valence-corrected chi connectivity index (χ0v) is 12.4. The van der Waals surface area contributed by atoms with E-state index in [1.165, 1.54) is 6.08 Å². The maximum Gasteiger partial charge on any atom is 0.416 e. The molecule has 1 amide bonds. The van der Waals surface area contributed by atoms with E-state index in [1.807, 2.05) is 5.32 Å². The number of carbonyl (C=O) groups excluding carboxylic acids is 1. The zero-order valence-electron chi connectivity index (χ0n) is 12.4. The van der Waals surface area contributed by atoms with E-state index < -0.39 is 35.1 Å². The molecular formula is C17H11F6NO. The first-order valence-electron chi connectivity index (χ1n) is 6.89. The Balaban J connectivity index is 2.26. The van der Waals surface area contributed by atoms with Gasteiger partial charge in [0.2, 0.25) is 5.91 Å². The van der Waals surface area contributed by atoms with Crippen molar-refractivity contribution in [1.82, 2.24) is 0 Å². The molecule has 1 N–H and O–H groups in total. The molecule has 0 heterocycles. The normalized spacial score (nSPS) is 12.4. The summed E-state index contributed by atoms with van der Waals surface area (Å²) < 4.78 is 76.5. The Hall–Kier alpha value is -2.77. The van der Waals surface area contributed by atoms with Crippen molar-refractivity contribution in [2.45, 2.75) is 12.4 Å². The van der Waals surface area contributed by atoms with Crippen LogP contribution in [-0.2, 0) is 17.1 Å². The van der Waals surface area contributed by atoms with Crippen molar-refractivity contribution in [2.24, 2.45) is 0 Å². The van der Waals surface area contributed by atoms with E-state index in [4.69, 9.17) is 0 Å². The second-order valence-corrected chi connectivity index (χ2v) is 5.03. The number of alkyl halides is 6. The van der Waals surface area contributed by atoms with Crippen LogP contribution in [0.4, 0.5) is 32.0 Å². The van der Waals surface area contributed by atoms with Crippen LogP contribution in [0, 0.1) is 0 Å². The molecule has 0 aromatic heterocycles. The summed E-state index contributed by atoms with van der Waals surface area (Å²) in [5.74, 6) is -0.851. The van der Waals surface area contributed by atoms with Crippen LogP contribution in [0.25, 0.3) is 6.08 Å². The third-order valence-corrected chi connectivity index (χ3v) is 3.08. The molecule has 2 aromatic rings. The molecule has 8 heteroatoms. The fourth-order valence-corrected chi connectivity index (χ4v) is 1.95.